The second kappa shape index (κ2) is 4.00. The molecule has 0 amide bonds. The van der Waals surface area contributed by atoms with E-state index in [1.165, 1.54) is 4.57 Å². The highest BCUT2D eigenvalue weighted by molar-refractivity contribution is 5.92. The summed E-state index contributed by atoms with van der Waals surface area (Å²) in [6.45, 7) is 0.536. The Morgan fingerprint density at radius 3 is 2.75 bits per heavy atom. The van der Waals surface area contributed by atoms with Crippen molar-refractivity contribution in [2.75, 3.05) is 0 Å². The van der Waals surface area contributed by atoms with Gasteiger partial charge >= 0.3 is 5.97 Å². The zero-order valence-electron chi connectivity index (χ0n) is 8.77. The topological polar surface area (TPSA) is 79.5 Å². The van der Waals surface area contributed by atoms with Crippen molar-refractivity contribution in [2.45, 2.75) is 32.2 Å². The second-order valence-corrected chi connectivity index (χ2v) is 3.96. The zero-order valence-corrected chi connectivity index (χ0v) is 8.77. The molecule has 1 aromatic heterocycles. The Hall–Kier alpha value is -1.78. The highest BCUT2D eigenvalue weighted by atomic mass is 16.4. The highest BCUT2D eigenvalue weighted by Gasteiger charge is 2.21. The van der Waals surface area contributed by atoms with E-state index >= 15 is 0 Å². The lowest BCUT2D eigenvalue weighted by Crippen LogP contribution is -2.25. The molecule has 0 spiro atoms. The first kappa shape index (κ1) is 10.7. The molecule has 0 radical (unpaired) electrons. The maximum absolute atomic E-state index is 11.6. The van der Waals surface area contributed by atoms with Gasteiger partial charge in [-0.3, -0.25) is 4.79 Å². The largest absolute Gasteiger partial charge is 0.507 e. The van der Waals surface area contributed by atoms with Crippen LogP contribution in [0.5, 0.6) is 5.75 Å². The molecule has 0 unspecified atom stereocenters. The molecule has 1 aliphatic heterocycles. The van der Waals surface area contributed by atoms with Crippen molar-refractivity contribution in [1.29, 1.82) is 0 Å². The van der Waals surface area contributed by atoms with Crippen LogP contribution < -0.4 is 5.56 Å². The Morgan fingerprint density at radius 1 is 1.31 bits per heavy atom. The second-order valence-electron chi connectivity index (χ2n) is 3.96. The third-order valence-electron chi connectivity index (χ3n) is 2.91. The van der Waals surface area contributed by atoms with Gasteiger partial charge in [-0.1, -0.05) is 6.42 Å². The van der Waals surface area contributed by atoms with E-state index in [1.54, 1.807) is 0 Å². The SMILES string of the molecule is O=C(O)c1c(O)cc(=O)n2c1CCCCC2. The summed E-state index contributed by atoms with van der Waals surface area (Å²) < 4.78 is 1.47. The first-order valence-corrected chi connectivity index (χ1v) is 5.30. The number of hydrogen-bond donors (Lipinski definition) is 2. The average molecular weight is 223 g/mol. The van der Waals surface area contributed by atoms with Crippen molar-refractivity contribution in [3.8, 4) is 5.75 Å². The van der Waals surface area contributed by atoms with Gasteiger partial charge in [-0.05, 0) is 19.3 Å². The summed E-state index contributed by atoms with van der Waals surface area (Å²) in [5.41, 5.74) is 0.0101. The zero-order chi connectivity index (χ0) is 11.7. The third kappa shape index (κ3) is 1.68. The fourth-order valence-corrected chi connectivity index (χ4v) is 2.16. The minimum atomic E-state index is -1.18. The van der Waals surface area contributed by atoms with Crippen LogP contribution in [0.4, 0.5) is 0 Å². The molecule has 5 nitrogen and oxygen atoms in total. The summed E-state index contributed by atoms with van der Waals surface area (Å²) in [5, 5.41) is 18.5. The molecule has 0 fully saturated rings. The number of hydrogen-bond acceptors (Lipinski definition) is 3. The first-order chi connectivity index (χ1) is 7.61. The number of carboxylic acids is 1. The number of nitrogens with zero attached hydrogens (tertiary/aromatic N) is 1. The van der Waals surface area contributed by atoms with Gasteiger partial charge < -0.3 is 14.8 Å². The number of carbonyl (C=O) groups is 1. The van der Waals surface area contributed by atoms with Gasteiger partial charge in [-0.25, -0.2) is 4.79 Å². The molecule has 0 aromatic carbocycles. The highest BCUT2D eigenvalue weighted by Crippen LogP contribution is 2.23. The summed E-state index contributed by atoms with van der Waals surface area (Å²) in [6.07, 6.45) is 3.23. The lowest BCUT2D eigenvalue weighted by molar-refractivity contribution is 0.0691. The number of fused-ring (bicyclic) bond motifs is 1. The van der Waals surface area contributed by atoms with Crippen molar-refractivity contribution >= 4 is 5.97 Å². The van der Waals surface area contributed by atoms with Crippen LogP contribution in [0.3, 0.4) is 0 Å². The molecule has 16 heavy (non-hydrogen) atoms. The molecular formula is C11H13NO4. The molecule has 5 heteroatoms. The minimum absolute atomic E-state index is 0.124. The number of pyridine rings is 1. The fourth-order valence-electron chi connectivity index (χ4n) is 2.16. The molecule has 1 aliphatic rings. The van der Waals surface area contributed by atoms with Gasteiger partial charge in [0.25, 0.3) is 5.56 Å². The van der Waals surface area contributed by atoms with E-state index in [9.17, 15) is 14.7 Å². The maximum Gasteiger partial charge on any atom is 0.341 e. The van der Waals surface area contributed by atoms with E-state index in [0.29, 0.717) is 18.7 Å². The Morgan fingerprint density at radius 2 is 2.06 bits per heavy atom. The number of aromatic carboxylic acids is 1. The summed E-state index contributed by atoms with van der Waals surface area (Å²) >= 11 is 0. The third-order valence-corrected chi connectivity index (χ3v) is 2.91. The summed E-state index contributed by atoms with van der Waals surface area (Å²) in [5.74, 6) is -1.60. The van der Waals surface area contributed by atoms with Crippen LogP contribution in [0.25, 0.3) is 0 Å². The van der Waals surface area contributed by atoms with E-state index in [-0.39, 0.29) is 11.1 Å². The molecular weight excluding hydrogens is 210 g/mol. The van der Waals surface area contributed by atoms with Crippen LogP contribution in [-0.2, 0) is 13.0 Å². The molecule has 0 aliphatic carbocycles. The van der Waals surface area contributed by atoms with Crippen LogP contribution in [0.2, 0.25) is 0 Å². The standard InChI is InChI=1S/C11H13NO4/c13-8-6-9(14)12-5-3-1-2-4-7(12)10(8)11(15)16/h6,13H,1-5H2,(H,15,16). The number of aromatic nitrogens is 1. The predicted molar refractivity (Wildman–Crippen MR) is 56.9 cm³/mol. The van der Waals surface area contributed by atoms with Crippen molar-refractivity contribution in [1.82, 2.24) is 4.57 Å². The van der Waals surface area contributed by atoms with E-state index in [2.05, 4.69) is 0 Å². The van der Waals surface area contributed by atoms with E-state index < -0.39 is 11.7 Å². The Kier molecular flexibility index (Phi) is 2.68. The first-order valence-electron chi connectivity index (χ1n) is 5.30. The normalized spacial score (nSPS) is 15.2. The summed E-state index contributed by atoms with van der Waals surface area (Å²) in [6, 6.07) is 0.984. The van der Waals surface area contributed by atoms with E-state index in [0.717, 1.165) is 25.3 Å². The molecule has 86 valence electrons. The Balaban J connectivity index is 2.70. The van der Waals surface area contributed by atoms with Crippen molar-refractivity contribution in [3.63, 3.8) is 0 Å². The smallest absolute Gasteiger partial charge is 0.341 e. The molecule has 2 N–H and O–H groups in total. The van der Waals surface area contributed by atoms with Crippen LogP contribution in [0, 0.1) is 0 Å². The van der Waals surface area contributed by atoms with E-state index in [4.69, 9.17) is 5.11 Å². The Labute approximate surface area is 92.0 Å². The lowest BCUT2D eigenvalue weighted by Gasteiger charge is -2.12. The van der Waals surface area contributed by atoms with Crippen molar-refractivity contribution < 1.29 is 15.0 Å². The summed E-state index contributed by atoms with van der Waals surface area (Å²) in [4.78, 5) is 22.7. The molecule has 0 saturated heterocycles. The number of carboxylic acid groups (broad SMARTS) is 1. The molecule has 1 aromatic rings. The van der Waals surface area contributed by atoms with Crippen molar-refractivity contribution in [2.24, 2.45) is 0 Å². The van der Waals surface area contributed by atoms with Gasteiger partial charge in [-0.2, -0.15) is 0 Å². The minimum Gasteiger partial charge on any atom is -0.507 e. The van der Waals surface area contributed by atoms with E-state index in [1.807, 2.05) is 0 Å². The fraction of sp³-hybridized carbons (Fsp3) is 0.455. The van der Waals surface area contributed by atoms with Gasteiger partial charge in [0.15, 0.2) is 0 Å². The van der Waals surface area contributed by atoms with Crippen LogP contribution in [0.1, 0.15) is 35.3 Å². The number of rotatable bonds is 1. The van der Waals surface area contributed by atoms with Gasteiger partial charge in [-0.15, -0.1) is 0 Å². The van der Waals surface area contributed by atoms with Crippen LogP contribution >= 0.6 is 0 Å². The maximum atomic E-state index is 11.6. The Bertz CT molecular complexity index is 489. The van der Waals surface area contributed by atoms with Crippen molar-refractivity contribution in [3.05, 3.63) is 27.7 Å². The molecule has 2 heterocycles. The summed E-state index contributed by atoms with van der Waals surface area (Å²) in [7, 11) is 0. The van der Waals surface area contributed by atoms with Crippen LogP contribution in [-0.4, -0.2) is 20.7 Å². The lowest BCUT2D eigenvalue weighted by atomic mass is 10.1. The predicted octanol–water partition coefficient (Wildman–Crippen LogP) is 0.978. The molecule has 0 saturated carbocycles. The van der Waals surface area contributed by atoms with Gasteiger partial charge in [0.05, 0.1) is 0 Å². The van der Waals surface area contributed by atoms with Gasteiger partial charge in [0.1, 0.15) is 11.3 Å². The molecule has 0 bridgehead atoms. The van der Waals surface area contributed by atoms with Crippen LogP contribution in [0.15, 0.2) is 10.9 Å². The number of aromatic hydroxyl groups is 1. The average Bonchev–Trinajstić information content (AvgIpc) is 2.42. The molecule has 2 rings (SSSR count). The monoisotopic (exact) mass is 223 g/mol. The van der Waals surface area contributed by atoms with Gasteiger partial charge in [0.2, 0.25) is 0 Å². The quantitative estimate of drug-likeness (QED) is 0.743. The van der Waals surface area contributed by atoms with Gasteiger partial charge in [0, 0.05) is 18.3 Å². The molecule has 0 atom stereocenters.